The Balaban J connectivity index is 2.58. The molecule has 2 rings (SSSR count). The number of alkyl halides is 3. The summed E-state index contributed by atoms with van der Waals surface area (Å²) in [6, 6.07) is 3.08. The number of amides is 1. The highest BCUT2D eigenvalue weighted by Crippen LogP contribution is 2.36. The monoisotopic (exact) mass is 329 g/mol. The molecule has 0 fully saturated rings. The zero-order valence-corrected chi connectivity index (χ0v) is 13.0. The van der Waals surface area contributed by atoms with Gasteiger partial charge in [0.05, 0.1) is 5.56 Å². The summed E-state index contributed by atoms with van der Waals surface area (Å²) in [6.45, 7) is 3.35. The highest BCUT2D eigenvalue weighted by Gasteiger charge is 2.38. The van der Waals surface area contributed by atoms with E-state index in [0.29, 0.717) is 0 Å². The van der Waals surface area contributed by atoms with Crippen LogP contribution in [0.2, 0.25) is 0 Å². The number of carbonyl (C=O) groups excluding carboxylic acids is 1. The lowest BCUT2D eigenvalue weighted by Crippen LogP contribution is -2.21. The van der Waals surface area contributed by atoms with Crippen molar-refractivity contribution in [1.82, 2.24) is 9.55 Å². The first-order valence-electron chi connectivity index (χ1n) is 6.47. The van der Waals surface area contributed by atoms with Gasteiger partial charge in [-0.15, -0.1) is 11.3 Å². The van der Waals surface area contributed by atoms with Crippen molar-refractivity contribution in [2.24, 2.45) is 12.0 Å². The third-order valence-electron chi connectivity index (χ3n) is 2.96. The SMILES string of the molecule is CC(C)c1sc(=NC(=O)c2cccnc2)n(C)c1C(F)(F)F. The number of aromatic nitrogens is 2. The summed E-state index contributed by atoms with van der Waals surface area (Å²) in [6.07, 6.45) is -1.66. The van der Waals surface area contributed by atoms with E-state index in [1.54, 1.807) is 19.9 Å². The fourth-order valence-electron chi connectivity index (χ4n) is 1.94. The van der Waals surface area contributed by atoms with Gasteiger partial charge in [-0.25, -0.2) is 0 Å². The lowest BCUT2D eigenvalue weighted by atomic mass is 10.1. The molecule has 0 aliphatic heterocycles. The number of hydrogen-bond acceptors (Lipinski definition) is 3. The Labute approximate surface area is 129 Å². The van der Waals surface area contributed by atoms with Gasteiger partial charge in [-0.05, 0) is 18.1 Å². The lowest BCUT2D eigenvalue weighted by molar-refractivity contribution is -0.143. The third kappa shape index (κ3) is 3.27. The average molecular weight is 329 g/mol. The quantitative estimate of drug-likeness (QED) is 0.848. The van der Waals surface area contributed by atoms with E-state index in [2.05, 4.69) is 9.98 Å². The van der Waals surface area contributed by atoms with Gasteiger partial charge < -0.3 is 4.57 Å². The molecule has 2 aromatic heterocycles. The van der Waals surface area contributed by atoms with Crippen LogP contribution in [0.3, 0.4) is 0 Å². The van der Waals surface area contributed by atoms with E-state index >= 15 is 0 Å². The smallest absolute Gasteiger partial charge is 0.316 e. The molecule has 0 N–H and O–H groups in total. The van der Waals surface area contributed by atoms with Crippen LogP contribution in [0.5, 0.6) is 0 Å². The van der Waals surface area contributed by atoms with Crippen LogP contribution in [0.15, 0.2) is 29.5 Å². The minimum Gasteiger partial charge on any atom is -0.316 e. The summed E-state index contributed by atoms with van der Waals surface area (Å²) in [5.74, 6) is -0.931. The first-order chi connectivity index (χ1) is 10.2. The Bertz CT molecular complexity index is 745. The van der Waals surface area contributed by atoms with Crippen molar-refractivity contribution >= 4 is 17.2 Å². The molecule has 0 saturated carbocycles. The maximum Gasteiger partial charge on any atom is 0.432 e. The molecule has 118 valence electrons. The summed E-state index contributed by atoms with van der Waals surface area (Å²) in [5.41, 5.74) is -0.527. The van der Waals surface area contributed by atoms with E-state index in [-0.39, 0.29) is 21.2 Å². The van der Waals surface area contributed by atoms with Crippen molar-refractivity contribution in [3.05, 3.63) is 45.5 Å². The molecule has 0 atom stereocenters. The summed E-state index contributed by atoms with van der Waals surface area (Å²) in [7, 11) is 1.26. The van der Waals surface area contributed by atoms with Gasteiger partial charge in [-0.2, -0.15) is 18.2 Å². The summed E-state index contributed by atoms with van der Waals surface area (Å²) in [4.78, 5) is 19.8. The lowest BCUT2D eigenvalue weighted by Gasteiger charge is -2.11. The van der Waals surface area contributed by atoms with Gasteiger partial charge in [-0.3, -0.25) is 9.78 Å². The van der Waals surface area contributed by atoms with E-state index in [1.807, 2.05) is 0 Å². The molecule has 1 amide bonds. The second-order valence-corrected chi connectivity index (χ2v) is 5.98. The molecule has 2 heterocycles. The van der Waals surface area contributed by atoms with Crippen molar-refractivity contribution in [2.45, 2.75) is 25.9 Å². The third-order valence-corrected chi connectivity index (χ3v) is 4.39. The second kappa shape index (κ2) is 6.04. The molecule has 2 aromatic rings. The van der Waals surface area contributed by atoms with E-state index in [4.69, 9.17) is 0 Å². The van der Waals surface area contributed by atoms with Crippen LogP contribution < -0.4 is 4.80 Å². The minimum atomic E-state index is -4.49. The predicted molar refractivity (Wildman–Crippen MR) is 76.5 cm³/mol. The Hall–Kier alpha value is -1.96. The highest BCUT2D eigenvalue weighted by molar-refractivity contribution is 7.09. The Morgan fingerprint density at radius 2 is 2.09 bits per heavy atom. The first-order valence-corrected chi connectivity index (χ1v) is 7.29. The first kappa shape index (κ1) is 16.4. The van der Waals surface area contributed by atoms with Gasteiger partial charge in [0, 0.05) is 24.3 Å². The second-order valence-electron chi connectivity index (χ2n) is 4.97. The molecule has 0 aliphatic carbocycles. The molecule has 0 saturated heterocycles. The molecule has 0 bridgehead atoms. The standard InChI is InChI=1S/C14H14F3N3OS/c1-8(2)10-11(14(15,16)17)20(3)13(22-10)19-12(21)9-5-4-6-18-7-9/h4-8H,1-3H3. The number of nitrogens with zero attached hydrogens (tertiary/aromatic N) is 3. The van der Waals surface area contributed by atoms with Crippen molar-refractivity contribution in [2.75, 3.05) is 0 Å². The van der Waals surface area contributed by atoms with Crippen molar-refractivity contribution < 1.29 is 18.0 Å². The van der Waals surface area contributed by atoms with Crippen LogP contribution in [0.25, 0.3) is 0 Å². The summed E-state index contributed by atoms with van der Waals surface area (Å²) < 4.78 is 40.5. The van der Waals surface area contributed by atoms with Crippen molar-refractivity contribution in [1.29, 1.82) is 0 Å². The fourth-order valence-corrected chi connectivity index (χ4v) is 3.07. The Morgan fingerprint density at radius 3 is 2.55 bits per heavy atom. The molecule has 0 radical (unpaired) electrons. The normalized spacial score (nSPS) is 13.0. The van der Waals surface area contributed by atoms with Gasteiger partial charge in [0.2, 0.25) is 0 Å². The predicted octanol–water partition coefficient (Wildman–Crippen LogP) is 3.36. The summed E-state index contributed by atoms with van der Waals surface area (Å²) >= 11 is 0.879. The molecular formula is C14H14F3N3OS. The highest BCUT2D eigenvalue weighted by atomic mass is 32.1. The minimum absolute atomic E-state index is 0.0184. The van der Waals surface area contributed by atoms with E-state index in [1.165, 1.54) is 25.5 Å². The van der Waals surface area contributed by atoms with Crippen LogP contribution in [-0.4, -0.2) is 15.5 Å². The number of pyridine rings is 1. The van der Waals surface area contributed by atoms with E-state index in [9.17, 15) is 18.0 Å². The van der Waals surface area contributed by atoms with Crippen LogP contribution in [0.4, 0.5) is 13.2 Å². The Kier molecular flexibility index (Phi) is 4.50. The fraction of sp³-hybridized carbons (Fsp3) is 0.357. The number of carbonyl (C=O) groups is 1. The van der Waals surface area contributed by atoms with Gasteiger partial charge in [0.1, 0.15) is 5.69 Å². The zero-order valence-electron chi connectivity index (χ0n) is 12.2. The van der Waals surface area contributed by atoms with Gasteiger partial charge in [-0.1, -0.05) is 13.8 Å². The van der Waals surface area contributed by atoms with Gasteiger partial charge >= 0.3 is 6.18 Å². The molecule has 0 aromatic carbocycles. The molecule has 0 unspecified atom stereocenters. The molecule has 8 heteroatoms. The largest absolute Gasteiger partial charge is 0.432 e. The maximum absolute atomic E-state index is 13.2. The molecule has 22 heavy (non-hydrogen) atoms. The van der Waals surface area contributed by atoms with Crippen LogP contribution >= 0.6 is 11.3 Å². The average Bonchev–Trinajstić information content (AvgIpc) is 2.77. The maximum atomic E-state index is 13.2. The molecule has 0 aliphatic rings. The number of thiazole rings is 1. The molecular weight excluding hydrogens is 315 g/mol. The number of rotatable bonds is 2. The topological polar surface area (TPSA) is 47.2 Å². The van der Waals surface area contributed by atoms with Crippen LogP contribution in [-0.2, 0) is 13.2 Å². The Morgan fingerprint density at radius 1 is 1.41 bits per heavy atom. The van der Waals surface area contributed by atoms with Gasteiger partial charge in [0.15, 0.2) is 4.80 Å². The van der Waals surface area contributed by atoms with E-state index in [0.717, 1.165) is 15.9 Å². The molecule has 0 spiro atoms. The number of hydrogen-bond donors (Lipinski definition) is 0. The zero-order chi connectivity index (χ0) is 16.5. The van der Waals surface area contributed by atoms with Crippen LogP contribution in [0, 0.1) is 0 Å². The molecule has 4 nitrogen and oxygen atoms in total. The van der Waals surface area contributed by atoms with E-state index < -0.39 is 17.8 Å². The van der Waals surface area contributed by atoms with Gasteiger partial charge in [0.25, 0.3) is 5.91 Å². The van der Waals surface area contributed by atoms with Crippen molar-refractivity contribution in [3.63, 3.8) is 0 Å². The van der Waals surface area contributed by atoms with Crippen LogP contribution in [0.1, 0.15) is 40.7 Å². The van der Waals surface area contributed by atoms with Crippen molar-refractivity contribution in [3.8, 4) is 0 Å². The summed E-state index contributed by atoms with van der Waals surface area (Å²) in [5, 5.41) is 0. The number of halogens is 3.